The van der Waals surface area contributed by atoms with E-state index < -0.39 is 5.60 Å². The molecule has 0 atom stereocenters. The lowest BCUT2D eigenvalue weighted by Crippen LogP contribution is -2.48. The van der Waals surface area contributed by atoms with Gasteiger partial charge in [-0.3, -0.25) is 4.79 Å². The van der Waals surface area contributed by atoms with Crippen molar-refractivity contribution in [2.75, 3.05) is 19.7 Å². The minimum absolute atomic E-state index is 0.0623. The van der Waals surface area contributed by atoms with Crippen LogP contribution >= 0.6 is 0 Å². The summed E-state index contributed by atoms with van der Waals surface area (Å²) in [4.78, 5) is 18.7. The van der Waals surface area contributed by atoms with Crippen molar-refractivity contribution in [1.82, 2.24) is 19.7 Å². The molecule has 7 heteroatoms. The number of hydrogen-bond donors (Lipinski definition) is 0. The molecule has 2 aliphatic heterocycles. The third-order valence-corrected chi connectivity index (χ3v) is 5.98. The van der Waals surface area contributed by atoms with E-state index in [-0.39, 0.29) is 5.91 Å². The van der Waals surface area contributed by atoms with Crippen molar-refractivity contribution in [3.63, 3.8) is 0 Å². The molecule has 1 amide bonds. The van der Waals surface area contributed by atoms with Crippen molar-refractivity contribution in [2.24, 2.45) is 0 Å². The van der Waals surface area contributed by atoms with E-state index in [1.165, 1.54) is 11.8 Å². The highest BCUT2D eigenvalue weighted by molar-refractivity contribution is 5.94. The van der Waals surface area contributed by atoms with E-state index in [9.17, 15) is 4.79 Å². The number of ether oxygens (including phenoxy) is 1. The fourth-order valence-electron chi connectivity index (χ4n) is 4.34. The molecule has 2 aromatic heterocycles. The van der Waals surface area contributed by atoms with Gasteiger partial charge in [0.2, 0.25) is 0 Å². The van der Waals surface area contributed by atoms with E-state index in [4.69, 9.17) is 15.1 Å². The molecule has 0 unspecified atom stereocenters. The Bertz CT molecular complexity index is 1110. The van der Waals surface area contributed by atoms with Gasteiger partial charge in [0, 0.05) is 25.5 Å². The van der Waals surface area contributed by atoms with E-state index in [2.05, 4.69) is 11.2 Å². The minimum atomic E-state index is -0.437. The molecular formula is C23H21N5O2. The Morgan fingerprint density at radius 1 is 1.13 bits per heavy atom. The molecule has 2 aliphatic rings. The molecule has 1 fully saturated rings. The van der Waals surface area contributed by atoms with Crippen LogP contribution in [0.25, 0.3) is 5.69 Å². The van der Waals surface area contributed by atoms with Crippen molar-refractivity contribution in [3.05, 3.63) is 77.4 Å². The zero-order valence-electron chi connectivity index (χ0n) is 16.5. The molecule has 3 aromatic rings. The first-order valence-electron chi connectivity index (χ1n) is 10.1. The van der Waals surface area contributed by atoms with Crippen LogP contribution in [0.4, 0.5) is 0 Å². The first kappa shape index (κ1) is 18.5. The topological polar surface area (TPSA) is 84.0 Å². The summed E-state index contributed by atoms with van der Waals surface area (Å²) in [7, 11) is 0. The number of carbonyl (C=O) groups is 1. The van der Waals surface area contributed by atoms with Crippen LogP contribution in [0.5, 0.6) is 0 Å². The Morgan fingerprint density at radius 2 is 1.93 bits per heavy atom. The van der Waals surface area contributed by atoms with E-state index >= 15 is 0 Å². The van der Waals surface area contributed by atoms with Gasteiger partial charge in [0.1, 0.15) is 17.4 Å². The van der Waals surface area contributed by atoms with Gasteiger partial charge in [-0.1, -0.05) is 18.2 Å². The van der Waals surface area contributed by atoms with Crippen molar-refractivity contribution >= 4 is 5.91 Å². The summed E-state index contributed by atoms with van der Waals surface area (Å²) in [6.45, 7) is 1.86. The molecule has 7 nitrogen and oxygen atoms in total. The molecule has 1 spiro atoms. The lowest BCUT2D eigenvalue weighted by Gasteiger charge is -2.43. The molecule has 0 saturated carbocycles. The van der Waals surface area contributed by atoms with E-state index in [0.717, 1.165) is 17.8 Å². The summed E-state index contributed by atoms with van der Waals surface area (Å²) in [6, 6.07) is 15.3. The van der Waals surface area contributed by atoms with Crippen LogP contribution in [0.2, 0.25) is 0 Å². The van der Waals surface area contributed by atoms with Gasteiger partial charge < -0.3 is 9.64 Å². The number of nitriles is 1. The number of fused-ring (bicyclic) bond motifs is 2. The molecule has 150 valence electrons. The number of piperidine rings is 1. The standard InChI is InChI=1S/C23H21N5O2/c24-14-19-7-6-17(15-25-19)22(29)27-11-9-23(10-12-27)21-18(8-13-30-23)16-28(26-21)20-4-2-1-3-5-20/h1-7,15-16H,8-13H2. The molecule has 0 N–H and O–H groups in total. The number of rotatable bonds is 2. The first-order valence-corrected chi connectivity index (χ1v) is 10.1. The Hall–Kier alpha value is -3.50. The van der Waals surface area contributed by atoms with E-state index in [1.54, 1.807) is 12.1 Å². The SMILES string of the molecule is N#Cc1ccc(C(=O)N2CCC3(CC2)OCCc2cn(-c4ccccc4)nc23)cn1. The van der Waals surface area contributed by atoms with Crippen LogP contribution in [0.1, 0.15) is 40.2 Å². The number of hydrogen-bond acceptors (Lipinski definition) is 5. The zero-order chi connectivity index (χ0) is 20.6. The molecular weight excluding hydrogens is 378 g/mol. The predicted octanol–water partition coefficient (Wildman–Crippen LogP) is 2.84. The Labute approximate surface area is 174 Å². The molecule has 0 bridgehead atoms. The lowest BCUT2D eigenvalue weighted by atomic mass is 9.83. The summed E-state index contributed by atoms with van der Waals surface area (Å²) in [5, 5.41) is 13.8. The maximum atomic E-state index is 12.8. The van der Waals surface area contributed by atoms with Gasteiger partial charge in [-0.25, -0.2) is 9.67 Å². The van der Waals surface area contributed by atoms with Crippen LogP contribution in [-0.4, -0.2) is 45.3 Å². The second-order valence-electron chi connectivity index (χ2n) is 7.71. The van der Waals surface area contributed by atoms with Gasteiger partial charge in [0.25, 0.3) is 5.91 Å². The summed E-state index contributed by atoms with van der Waals surface area (Å²) in [5.41, 5.74) is 3.63. The largest absolute Gasteiger partial charge is 0.368 e. The van der Waals surface area contributed by atoms with Crippen LogP contribution in [0, 0.1) is 11.3 Å². The fourth-order valence-corrected chi connectivity index (χ4v) is 4.34. The molecule has 4 heterocycles. The first-order chi connectivity index (χ1) is 14.7. The normalized spacial score (nSPS) is 17.4. The third kappa shape index (κ3) is 3.15. The fraction of sp³-hybridized carbons (Fsp3) is 0.304. The van der Waals surface area contributed by atoms with E-state index in [1.807, 2.05) is 46.0 Å². The summed E-state index contributed by atoms with van der Waals surface area (Å²) >= 11 is 0. The van der Waals surface area contributed by atoms with Gasteiger partial charge in [-0.2, -0.15) is 10.4 Å². The van der Waals surface area contributed by atoms with Crippen LogP contribution in [0.15, 0.2) is 54.9 Å². The number of likely N-dealkylation sites (tertiary alicyclic amines) is 1. The average Bonchev–Trinajstić information content (AvgIpc) is 3.26. The summed E-state index contributed by atoms with van der Waals surface area (Å²) < 4.78 is 8.22. The highest BCUT2D eigenvalue weighted by atomic mass is 16.5. The highest BCUT2D eigenvalue weighted by Crippen LogP contribution is 2.41. The van der Waals surface area contributed by atoms with Gasteiger partial charge >= 0.3 is 0 Å². The van der Waals surface area contributed by atoms with Gasteiger partial charge in [-0.15, -0.1) is 0 Å². The second kappa shape index (κ2) is 7.39. The number of aromatic nitrogens is 3. The molecule has 1 aromatic carbocycles. The van der Waals surface area contributed by atoms with Crippen LogP contribution in [-0.2, 0) is 16.8 Å². The summed E-state index contributed by atoms with van der Waals surface area (Å²) in [5.74, 6) is -0.0623. The minimum Gasteiger partial charge on any atom is -0.368 e. The molecule has 1 saturated heterocycles. The van der Waals surface area contributed by atoms with Crippen molar-refractivity contribution < 1.29 is 9.53 Å². The molecule has 5 rings (SSSR count). The van der Waals surface area contributed by atoms with Crippen LogP contribution in [0.3, 0.4) is 0 Å². The maximum Gasteiger partial charge on any atom is 0.255 e. The van der Waals surface area contributed by atoms with Crippen molar-refractivity contribution in [3.8, 4) is 11.8 Å². The maximum absolute atomic E-state index is 12.8. The summed E-state index contributed by atoms with van der Waals surface area (Å²) in [6.07, 6.45) is 5.85. The molecule has 0 aliphatic carbocycles. The number of benzene rings is 1. The van der Waals surface area contributed by atoms with Gasteiger partial charge in [0.05, 0.1) is 23.6 Å². The Morgan fingerprint density at radius 3 is 2.63 bits per heavy atom. The Balaban J connectivity index is 1.35. The number of carbonyl (C=O) groups excluding carboxylic acids is 1. The van der Waals surface area contributed by atoms with Gasteiger partial charge in [0.15, 0.2) is 0 Å². The highest BCUT2D eigenvalue weighted by Gasteiger charge is 2.44. The van der Waals surface area contributed by atoms with Gasteiger partial charge in [-0.05, 0) is 49.1 Å². The number of amides is 1. The quantitative estimate of drug-likeness (QED) is 0.662. The third-order valence-electron chi connectivity index (χ3n) is 5.98. The predicted molar refractivity (Wildman–Crippen MR) is 109 cm³/mol. The number of nitrogens with zero attached hydrogens (tertiary/aromatic N) is 5. The molecule has 30 heavy (non-hydrogen) atoms. The van der Waals surface area contributed by atoms with Crippen LogP contribution < -0.4 is 0 Å². The average molecular weight is 399 g/mol. The van der Waals surface area contributed by atoms with Crippen molar-refractivity contribution in [2.45, 2.75) is 24.9 Å². The Kier molecular flexibility index (Phi) is 4.57. The molecule has 0 radical (unpaired) electrons. The number of pyridine rings is 1. The smallest absolute Gasteiger partial charge is 0.255 e. The lowest BCUT2D eigenvalue weighted by molar-refractivity contribution is -0.0963. The zero-order valence-corrected chi connectivity index (χ0v) is 16.5. The van der Waals surface area contributed by atoms with Crippen molar-refractivity contribution in [1.29, 1.82) is 5.26 Å². The number of para-hydroxylation sites is 1. The second-order valence-corrected chi connectivity index (χ2v) is 7.71. The monoisotopic (exact) mass is 399 g/mol. The van der Waals surface area contributed by atoms with E-state index in [0.29, 0.717) is 43.8 Å².